The fraction of sp³-hybridized carbons (Fsp3) is 0.500. The van der Waals surface area contributed by atoms with Crippen molar-refractivity contribution in [3.63, 3.8) is 0 Å². The summed E-state index contributed by atoms with van der Waals surface area (Å²) in [5.41, 5.74) is -0.894. The van der Waals surface area contributed by atoms with Gasteiger partial charge in [-0.05, 0) is 96.2 Å². The van der Waals surface area contributed by atoms with Gasteiger partial charge in [-0.25, -0.2) is 19.5 Å². The molecular formula is C34H44ClFN6O5S. The molecule has 2 atom stereocenters. The molecular weight excluding hydrogens is 659 g/mol. The van der Waals surface area contributed by atoms with Gasteiger partial charge in [-0.1, -0.05) is 38.4 Å². The molecule has 0 spiro atoms. The lowest BCUT2D eigenvalue weighted by atomic mass is 9.91. The number of hydrogen-bond donors (Lipinski definition) is 2. The van der Waals surface area contributed by atoms with E-state index < -0.39 is 55.1 Å². The Hall–Kier alpha value is -3.84. The van der Waals surface area contributed by atoms with Crippen molar-refractivity contribution in [1.82, 2.24) is 24.6 Å². The molecule has 4 heterocycles. The van der Waals surface area contributed by atoms with Crippen LogP contribution < -0.4 is 10.0 Å². The predicted octanol–water partition coefficient (Wildman–Crippen LogP) is 7.05. The van der Waals surface area contributed by atoms with Crippen LogP contribution >= 0.6 is 11.6 Å². The van der Waals surface area contributed by atoms with E-state index in [2.05, 4.69) is 20.3 Å². The Kier molecular flexibility index (Phi) is 10.7. The van der Waals surface area contributed by atoms with Gasteiger partial charge in [-0.3, -0.25) is 9.78 Å². The van der Waals surface area contributed by atoms with Gasteiger partial charge in [-0.15, -0.1) is 0 Å². The molecule has 1 saturated heterocycles. The highest BCUT2D eigenvalue weighted by atomic mass is 35.5. The molecule has 0 saturated carbocycles. The highest BCUT2D eigenvalue weighted by Gasteiger charge is 2.43. The molecule has 2 amide bonds. The lowest BCUT2D eigenvalue weighted by molar-refractivity contribution is 0.0130. The van der Waals surface area contributed by atoms with Crippen LogP contribution in [0.1, 0.15) is 102 Å². The van der Waals surface area contributed by atoms with Crippen LogP contribution in [0.3, 0.4) is 0 Å². The van der Waals surface area contributed by atoms with Crippen LogP contribution in [0.2, 0.25) is 5.02 Å². The molecule has 48 heavy (non-hydrogen) atoms. The Morgan fingerprint density at radius 1 is 1.08 bits per heavy atom. The van der Waals surface area contributed by atoms with E-state index in [-0.39, 0.29) is 17.8 Å². The Morgan fingerprint density at radius 3 is 2.40 bits per heavy atom. The minimum Gasteiger partial charge on any atom is -0.444 e. The molecule has 1 fully saturated rings. The molecule has 260 valence electrons. The molecule has 1 aliphatic heterocycles. The summed E-state index contributed by atoms with van der Waals surface area (Å²) in [6, 6.07) is 10.1. The Morgan fingerprint density at radius 2 is 1.79 bits per heavy atom. The first kappa shape index (κ1) is 37.0. The normalized spacial score (nSPS) is 17.1. The number of carbonyl (C=O) groups excluding carboxylic acids is 2. The first-order valence-corrected chi connectivity index (χ1v) is 17.6. The third kappa shape index (κ3) is 9.40. The first-order chi connectivity index (χ1) is 22.1. The number of amides is 2. The van der Waals surface area contributed by atoms with Crippen molar-refractivity contribution in [3.05, 3.63) is 76.6 Å². The van der Waals surface area contributed by atoms with Crippen LogP contribution in [-0.4, -0.2) is 58.0 Å². The molecule has 4 rings (SSSR count). The quantitative estimate of drug-likeness (QED) is 0.224. The third-order valence-corrected chi connectivity index (χ3v) is 9.41. The van der Waals surface area contributed by atoms with Gasteiger partial charge in [0.25, 0.3) is 15.9 Å². The van der Waals surface area contributed by atoms with E-state index in [1.807, 2.05) is 60.1 Å². The average Bonchev–Trinajstić information content (AvgIpc) is 3.28. The molecule has 11 nitrogen and oxygen atoms in total. The summed E-state index contributed by atoms with van der Waals surface area (Å²) in [6.07, 6.45) is 3.24. The maximum atomic E-state index is 14.7. The van der Waals surface area contributed by atoms with Gasteiger partial charge < -0.3 is 15.0 Å². The van der Waals surface area contributed by atoms with Crippen molar-refractivity contribution in [2.45, 2.75) is 102 Å². The van der Waals surface area contributed by atoms with E-state index in [1.54, 1.807) is 23.1 Å². The number of carbonyl (C=O) groups is 2. The molecule has 14 heteroatoms. The van der Waals surface area contributed by atoms with Gasteiger partial charge in [-0.2, -0.15) is 12.8 Å². The molecule has 0 aromatic carbocycles. The molecule has 0 aliphatic carbocycles. The number of rotatable bonds is 9. The SMILES string of the molecule is CC(C)(C)OC(=O)N1C[C@@H](CCC(Nc2cccc(S(=O)(=O)NC(=O)c3ccc(C(C)(C)C)nc3F)n2)c2ccc(Cl)cn2)CC1(C)C. The van der Waals surface area contributed by atoms with Crippen LogP contribution in [0.25, 0.3) is 0 Å². The fourth-order valence-corrected chi connectivity index (χ4v) is 6.63. The van der Waals surface area contributed by atoms with Crippen molar-refractivity contribution in [2.75, 3.05) is 11.9 Å². The summed E-state index contributed by atoms with van der Waals surface area (Å²) >= 11 is 6.10. The Bertz CT molecular complexity index is 1760. The van der Waals surface area contributed by atoms with Gasteiger partial charge in [0.1, 0.15) is 11.4 Å². The maximum absolute atomic E-state index is 14.7. The average molecular weight is 703 g/mol. The van der Waals surface area contributed by atoms with Crippen molar-refractivity contribution in [3.8, 4) is 0 Å². The second-order valence-electron chi connectivity index (χ2n) is 14.7. The van der Waals surface area contributed by atoms with Crippen molar-refractivity contribution in [1.29, 1.82) is 0 Å². The van der Waals surface area contributed by atoms with E-state index >= 15 is 0 Å². The second-order valence-corrected chi connectivity index (χ2v) is 16.8. The number of likely N-dealkylation sites (tertiary alicyclic amines) is 1. The summed E-state index contributed by atoms with van der Waals surface area (Å²) in [7, 11) is -4.48. The molecule has 3 aromatic heterocycles. The number of ether oxygens (including phenoxy) is 1. The molecule has 2 N–H and O–H groups in total. The van der Waals surface area contributed by atoms with Crippen LogP contribution in [-0.2, 0) is 20.2 Å². The fourth-order valence-electron chi connectivity index (χ4n) is 5.58. The van der Waals surface area contributed by atoms with Crippen molar-refractivity contribution in [2.24, 2.45) is 5.92 Å². The first-order valence-electron chi connectivity index (χ1n) is 15.7. The minimum atomic E-state index is -4.48. The van der Waals surface area contributed by atoms with Crippen molar-refractivity contribution < 1.29 is 27.1 Å². The van der Waals surface area contributed by atoms with Crippen LogP contribution in [0.5, 0.6) is 0 Å². The van der Waals surface area contributed by atoms with E-state index in [9.17, 15) is 22.4 Å². The number of hydrogen-bond acceptors (Lipinski definition) is 9. The smallest absolute Gasteiger partial charge is 0.410 e. The lowest BCUT2D eigenvalue weighted by Gasteiger charge is -2.33. The van der Waals surface area contributed by atoms with E-state index in [4.69, 9.17) is 16.3 Å². The van der Waals surface area contributed by atoms with Gasteiger partial charge in [0.2, 0.25) is 5.95 Å². The van der Waals surface area contributed by atoms with Crippen LogP contribution in [0, 0.1) is 11.9 Å². The highest BCUT2D eigenvalue weighted by Crippen LogP contribution is 2.38. The van der Waals surface area contributed by atoms with E-state index in [0.717, 1.165) is 6.42 Å². The van der Waals surface area contributed by atoms with Gasteiger partial charge >= 0.3 is 6.09 Å². The number of anilines is 1. The zero-order valence-corrected chi connectivity index (χ0v) is 30.2. The summed E-state index contributed by atoms with van der Waals surface area (Å²) in [4.78, 5) is 40.1. The topological polar surface area (TPSA) is 143 Å². The largest absolute Gasteiger partial charge is 0.444 e. The van der Waals surface area contributed by atoms with Gasteiger partial charge in [0.15, 0.2) is 5.03 Å². The van der Waals surface area contributed by atoms with Crippen molar-refractivity contribution >= 4 is 39.4 Å². The second kappa shape index (κ2) is 13.9. The number of sulfonamides is 1. The van der Waals surface area contributed by atoms with Crippen LogP contribution in [0.4, 0.5) is 15.0 Å². The monoisotopic (exact) mass is 702 g/mol. The van der Waals surface area contributed by atoms with Gasteiger partial charge in [0, 0.05) is 29.4 Å². The number of aromatic nitrogens is 3. The highest BCUT2D eigenvalue weighted by molar-refractivity contribution is 7.90. The van der Waals surface area contributed by atoms with Gasteiger partial charge in [0.05, 0.1) is 22.3 Å². The molecule has 0 bridgehead atoms. The zero-order valence-electron chi connectivity index (χ0n) is 28.6. The molecule has 1 unspecified atom stereocenters. The summed E-state index contributed by atoms with van der Waals surface area (Å²) in [5, 5.41) is 3.31. The standard InChI is InChI=1S/C34H44ClFN6O5S/c1-32(2,3)26-17-14-23(29(36)39-26)30(43)41-48(45,46)28-11-9-10-27(40-28)38-25(24-16-13-22(35)19-37-24)15-12-21-18-34(7,8)42(20-21)31(44)47-33(4,5)6/h9-11,13-14,16-17,19,21,25H,12,15,18,20H2,1-8H3,(H,38,40)(H,41,43)/t21-,25?/m0/s1. The molecule has 1 aliphatic rings. The maximum Gasteiger partial charge on any atom is 0.410 e. The molecule has 0 radical (unpaired) electrons. The number of nitrogens with one attached hydrogen (secondary N) is 2. The number of halogens is 2. The van der Waals surface area contributed by atoms with E-state index in [1.165, 1.54) is 30.5 Å². The summed E-state index contributed by atoms with van der Waals surface area (Å²) in [5.74, 6) is -1.84. The zero-order chi connectivity index (χ0) is 35.7. The van der Waals surface area contributed by atoms with E-state index in [0.29, 0.717) is 35.8 Å². The number of pyridine rings is 3. The predicted molar refractivity (Wildman–Crippen MR) is 182 cm³/mol. The summed E-state index contributed by atoms with van der Waals surface area (Å²) in [6.45, 7) is 15.6. The van der Waals surface area contributed by atoms with Crippen LogP contribution in [0.15, 0.2) is 53.7 Å². The minimum absolute atomic E-state index is 0.173. The summed E-state index contributed by atoms with van der Waals surface area (Å²) < 4.78 is 48.7. The Labute approximate surface area is 287 Å². The lowest BCUT2D eigenvalue weighted by Crippen LogP contribution is -2.45. The number of nitrogens with zero attached hydrogens (tertiary/aromatic N) is 4. The third-order valence-electron chi connectivity index (χ3n) is 7.95. The molecule has 3 aromatic rings. The Balaban J connectivity index is 1.50.